The lowest BCUT2D eigenvalue weighted by Gasteiger charge is -2.14. The Bertz CT molecular complexity index is 1100. The zero-order valence-corrected chi connectivity index (χ0v) is 17.7. The van der Waals surface area contributed by atoms with Crippen LogP contribution in [0.3, 0.4) is 0 Å². The number of aryl methyl sites for hydroxylation is 1. The van der Waals surface area contributed by atoms with E-state index < -0.39 is 0 Å². The quantitative estimate of drug-likeness (QED) is 0.315. The van der Waals surface area contributed by atoms with Gasteiger partial charge in [-0.2, -0.15) is 5.26 Å². The van der Waals surface area contributed by atoms with E-state index in [0.29, 0.717) is 33.7 Å². The molecule has 3 nitrogen and oxygen atoms in total. The second-order valence-electron chi connectivity index (χ2n) is 6.49. The number of benzene rings is 3. The third-order valence-corrected chi connectivity index (χ3v) is 4.87. The zero-order valence-electron chi connectivity index (χ0n) is 16.1. The zero-order chi connectivity index (χ0) is 20.8. The van der Waals surface area contributed by atoms with Gasteiger partial charge in [0.05, 0.1) is 23.2 Å². The van der Waals surface area contributed by atoms with Gasteiger partial charge in [-0.15, -0.1) is 0 Å². The molecule has 0 atom stereocenters. The number of hydrogen-bond donors (Lipinski definition) is 0. The first-order valence-electron chi connectivity index (χ1n) is 8.94. The monoisotopic (exact) mass is 451 g/mol. The molecule has 5 heteroatoms. The van der Waals surface area contributed by atoms with E-state index in [1.807, 2.05) is 31.2 Å². The van der Waals surface area contributed by atoms with Gasteiger partial charge in [0.15, 0.2) is 11.5 Å². The Morgan fingerprint density at radius 1 is 1.14 bits per heavy atom. The number of halogens is 2. The van der Waals surface area contributed by atoms with Gasteiger partial charge in [-0.05, 0) is 69.9 Å². The minimum atomic E-state index is -0.387. The van der Waals surface area contributed by atoms with E-state index in [2.05, 4.69) is 28.1 Å². The Labute approximate surface area is 178 Å². The second kappa shape index (κ2) is 9.40. The molecule has 0 radical (unpaired) electrons. The SMILES string of the molecule is COc1cc(/C=C(/C#N)c2cccc(F)c2)cc(Br)c1OCc1cccc(C)c1. The van der Waals surface area contributed by atoms with Crippen molar-refractivity contribution >= 4 is 27.6 Å². The molecule has 0 heterocycles. The molecular formula is C24H19BrFNO2. The molecule has 146 valence electrons. The van der Waals surface area contributed by atoms with E-state index in [1.165, 1.54) is 17.7 Å². The number of ether oxygens (including phenoxy) is 2. The van der Waals surface area contributed by atoms with Gasteiger partial charge in [0.2, 0.25) is 0 Å². The van der Waals surface area contributed by atoms with Crippen LogP contribution in [-0.4, -0.2) is 7.11 Å². The van der Waals surface area contributed by atoms with Gasteiger partial charge in [0.25, 0.3) is 0 Å². The van der Waals surface area contributed by atoms with E-state index >= 15 is 0 Å². The fraction of sp³-hybridized carbons (Fsp3) is 0.125. The molecule has 0 aliphatic rings. The summed E-state index contributed by atoms with van der Waals surface area (Å²) in [6, 6.07) is 19.8. The Hall–Kier alpha value is -3.10. The Morgan fingerprint density at radius 3 is 2.62 bits per heavy atom. The molecule has 0 aliphatic carbocycles. The number of hydrogen-bond acceptors (Lipinski definition) is 3. The fourth-order valence-electron chi connectivity index (χ4n) is 2.92. The third-order valence-electron chi connectivity index (χ3n) is 4.28. The summed E-state index contributed by atoms with van der Waals surface area (Å²) in [7, 11) is 1.56. The number of nitrogens with zero attached hydrogens (tertiary/aromatic N) is 1. The molecule has 0 spiro atoms. The van der Waals surface area contributed by atoms with Crippen molar-refractivity contribution in [3.05, 3.63) is 93.2 Å². The highest BCUT2D eigenvalue weighted by molar-refractivity contribution is 9.10. The first kappa shape index (κ1) is 20.6. The molecule has 0 fully saturated rings. The summed E-state index contributed by atoms with van der Waals surface area (Å²) in [6.45, 7) is 2.44. The summed E-state index contributed by atoms with van der Waals surface area (Å²) in [5.41, 5.74) is 3.83. The van der Waals surface area contributed by atoms with Crippen molar-refractivity contribution in [2.24, 2.45) is 0 Å². The van der Waals surface area contributed by atoms with Crippen LogP contribution in [-0.2, 0) is 6.61 Å². The van der Waals surface area contributed by atoms with Crippen LogP contribution in [0.1, 0.15) is 22.3 Å². The van der Waals surface area contributed by atoms with Crippen molar-refractivity contribution in [3.63, 3.8) is 0 Å². The van der Waals surface area contributed by atoms with Gasteiger partial charge in [-0.25, -0.2) is 4.39 Å². The molecule has 0 N–H and O–H groups in total. The molecule has 3 rings (SSSR count). The molecule has 0 aromatic heterocycles. The van der Waals surface area contributed by atoms with Crippen molar-refractivity contribution in [2.75, 3.05) is 7.11 Å². The highest BCUT2D eigenvalue weighted by Crippen LogP contribution is 2.38. The van der Waals surface area contributed by atoms with E-state index in [-0.39, 0.29) is 5.82 Å². The van der Waals surface area contributed by atoms with Crippen LogP contribution in [0.5, 0.6) is 11.5 Å². The minimum absolute atomic E-state index is 0.354. The third kappa shape index (κ3) is 5.24. The molecule has 0 unspecified atom stereocenters. The van der Waals surface area contributed by atoms with Crippen molar-refractivity contribution in [1.82, 2.24) is 0 Å². The number of nitriles is 1. The maximum atomic E-state index is 13.5. The van der Waals surface area contributed by atoms with Crippen LogP contribution in [0.25, 0.3) is 11.6 Å². The smallest absolute Gasteiger partial charge is 0.175 e. The molecular weight excluding hydrogens is 433 g/mol. The van der Waals surface area contributed by atoms with Gasteiger partial charge in [-0.3, -0.25) is 0 Å². The second-order valence-corrected chi connectivity index (χ2v) is 7.35. The average Bonchev–Trinajstić information content (AvgIpc) is 2.71. The predicted molar refractivity (Wildman–Crippen MR) is 116 cm³/mol. The molecule has 0 saturated heterocycles. The normalized spacial score (nSPS) is 11.1. The topological polar surface area (TPSA) is 42.2 Å². The summed E-state index contributed by atoms with van der Waals surface area (Å²) in [5.74, 6) is 0.729. The average molecular weight is 452 g/mol. The summed E-state index contributed by atoms with van der Waals surface area (Å²) >= 11 is 3.53. The first-order chi connectivity index (χ1) is 14.0. The van der Waals surface area contributed by atoms with Crippen LogP contribution in [0.4, 0.5) is 4.39 Å². The van der Waals surface area contributed by atoms with Crippen molar-refractivity contribution in [2.45, 2.75) is 13.5 Å². The molecule has 3 aromatic rings. The van der Waals surface area contributed by atoms with Gasteiger partial charge in [0.1, 0.15) is 12.4 Å². The van der Waals surface area contributed by atoms with E-state index in [9.17, 15) is 9.65 Å². The highest BCUT2D eigenvalue weighted by atomic mass is 79.9. The van der Waals surface area contributed by atoms with Gasteiger partial charge in [0, 0.05) is 0 Å². The Kier molecular flexibility index (Phi) is 6.69. The lowest BCUT2D eigenvalue weighted by molar-refractivity contribution is 0.282. The van der Waals surface area contributed by atoms with Crippen molar-refractivity contribution in [3.8, 4) is 17.6 Å². The van der Waals surface area contributed by atoms with Gasteiger partial charge < -0.3 is 9.47 Å². The van der Waals surface area contributed by atoms with E-state index in [4.69, 9.17) is 9.47 Å². The molecule has 29 heavy (non-hydrogen) atoms. The summed E-state index contributed by atoms with van der Waals surface area (Å²) < 4.78 is 25.7. The number of allylic oxidation sites excluding steroid dienone is 1. The van der Waals surface area contributed by atoms with E-state index in [1.54, 1.807) is 31.4 Å². The van der Waals surface area contributed by atoms with Crippen LogP contribution in [0.15, 0.2) is 65.1 Å². The summed E-state index contributed by atoms with van der Waals surface area (Å²) in [6.07, 6.45) is 1.69. The lowest BCUT2D eigenvalue weighted by atomic mass is 10.0. The molecule has 0 saturated carbocycles. The van der Waals surface area contributed by atoms with Crippen LogP contribution < -0.4 is 9.47 Å². The molecule has 0 bridgehead atoms. The molecule has 3 aromatic carbocycles. The maximum Gasteiger partial charge on any atom is 0.175 e. The summed E-state index contributed by atoms with van der Waals surface area (Å²) in [4.78, 5) is 0. The fourth-order valence-corrected chi connectivity index (χ4v) is 3.50. The maximum absolute atomic E-state index is 13.5. The van der Waals surface area contributed by atoms with Gasteiger partial charge >= 0.3 is 0 Å². The predicted octanol–water partition coefficient (Wildman–Crippen LogP) is 6.55. The van der Waals surface area contributed by atoms with Crippen LogP contribution >= 0.6 is 15.9 Å². The first-order valence-corrected chi connectivity index (χ1v) is 9.73. The Balaban J connectivity index is 1.90. The largest absolute Gasteiger partial charge is 0.493 e. The molecule has 0 aliphatic heterocycles. The highest BCUT2D eigenvalue weighted by Gasteiger charge is 2.12. The minimum Gasteiger partial charge on any atom is -0.493 e. The Morgan fingerprint density at radius 2 is 1.93 bits per heavy atom. The van der Waals surface area contributed by atoms with Crippen molar-refractivity contribution < 1.29 is 13.9 Å². The van der Waals surface area contributed by atoms with E-state index in [0.717, 1.165) is 11.1 Å². The van der Waals surface area contributed by atoms with Crippen LogP contribution in [0, 0.1) is 24.1 Å². The summed E-state index contributed by atoms with van der Waals surface area (Å²) in [5, 5.41) is 9.51. The van der Waals surface area contributed by atoms with Crippen molar-refractivity contribution in [1.29, 1.82) is 5.26 Å². The number of methoxy groups -OCH3 is 1. The standard InChI is InChI=1S/C24H19BrFNO2/c1-16-5-3-6-17(9-16)15-29-24-22(25)11-18(12-23(24)28-2)10-20(14-27)19-7-4-8-21(26)13-19/h3-13H,15H2,1-2H3/b20-10-. The number of rotatable bonds is 6. The van der Waals surface area contributed by atoms with Crippen LogP contribution in [0.2, 0.25) is 0 Å². The van der Waals surface area contributed by atoms with Gasteiger partial charge in [-0.1, -0.05) is 42.0 Å². The molecule has 0 amide bonds. The lowest BCUT2D eigenvalue weighted by Crippen LogP contribution is -1.99.